The van der Waals surface area contributed by atoms with Gasteiger partial charge in [0.15, 0.2) is 0 Å². The minimum absolute atomic E-state index is 0.121. The van der Waals surface area contributed by atoms with Crippen molar-refractivity contribution < 1.29 is 14.0 Å². The molecule has 128 valence electrons. The molecule has 0 unspecified atom stereocenters. The summed E-state index contributed by atoms with van der Waals surface area (Å²) < 4.78 is 5.90. The molecular weight excluding hydrogens is 306 g/mol. The number of nitrogens with zero attached hydrogens (tertiary/aromatic N) is 1. The third-order valence-electron chi connectivity index (χ3n) is 4.80. The Morgan fingerprint density at radius 3 is 2.58 bits per heavy atom. The van der Waals surface area contributed by atoms with Crippen LogP contribution in [0.25, 0.3) is 11.0 Å². The van der Waals surface area contributed by atoms with Gasteiger partial charge >= 0.3 is 6.03 Å². The fourth-order valence-electron chi connectivity index (χ4n) is 3.32. The summed E-state index contributed by atoms with van der Waals surface area (Å²) in [6.07, 6.45) is 1.25. The molecule has 2 heterocycles. The lowest BCUT2D eigenvalue weighted by Crippen LogP contribution is -2.46. The van der Waals surface area contributed by atoms with Crippen molar-refractivity contribution in [1.29, 1.82) is 0 Å². The molecule has 6 heteroatoms. The van der Waals surface area contributed by atoms with E-state index in [2.05, 4.69) is 5.32 Å². The lowest BCUT2D eigenvalue weighted by atomic mass is 9.96. The Kier molecular flexibility index (Phi) is 4.46. The Bertz CT molecular complexity index is 760. The summed E-state index contributed by atoms with van der Waals surface area (Å²) in [7, 11) is 0. The number of hydrogen-bond acceptors (Lipinski definition) is 3. The monoisotopic (exact) mass is 329 g/mol. The molecule has 0 bridgehead atoms. The van der Waals surface area contributed by atoms with E-state index in [-0.39, 0.29) is 23.9 Å². The number of primary amides is 1. The minimum Gasteiger partial charge on any atom is -0.459 e. The standard InChI is InChI=1S/C18H23N3O3/c1-11-14-5-3-4-6-15(14)24-16(11)12(2)20-18(23)21-9-7-13(8-10-21)17(19)22/h3-6,12-13H,7-10H2,1-2H3,(H2,19,22)(H,20,23)/t12-/m1/s1. The molecule has 1 atom stereocenters. The molecule has 0 saturated carbocycles. The molecule has 3 rings (SSSR count). The second kappa shape index (κ2) is 6.55. The molecule has 6 nitrogen and oxygen atoms in total. The van der Waals surface area contributed by atoms with Crippen LogP contribution in [0.5, 0.6) is 0 Å². The van der Waals surface area contributed by atoms with Crippen LogP contribution in [0.1, 0.15) is 37.1 Å². The first kappa shape index (κ1) is 16.4. The highest BCUT2D eigenvalue weighted by Gasteiger charge is 2.27. The highest BCUT2D eigenvalue weighted by molar-refractivity contribution is 5.82. The number of furan rings is 1. The third kappa shape index (κ3) is 3.09. The number of aryl methyl sites for hydroxylation is 1. The smallest absolute Gasteiger partial charge is 0.317 e. The number of fused-ring (bicyclic) bond motifs is 1. The molecule has 24 heavy (non-hydrogen) atoms. The zero-order chi connectivity index (χ0) is 17.3. The number of nitrogens with two attached hydrogens (primary N) is 1. The van der Waals surface area contributed by atoms with Gasteiger partial charge in [-0.05, 0) is 32.8 Å². The molecular formula is C18H23N3O3. The Morgan fingerprint density at radius 1 is 1.29 bits per heavy atom. The van der Waals surface area contributed by atoms with E-state index in [1.54, 1.807) is 4.90 Å². The molecule has 1 fully saturated rings. The third-order valence-corrected chi connectivity index (χ3v) is 4.80. The maximum Gasteiger partial charge on any atom is 0.317 e. The average Bonchev–Trinajstić information content (AvgIpc) is 2.92. The zero-order valence-electron chi connectivity index (χ0n) is 14.0. The van der Waals surface area contributed by atoms with E-state index < -0.39 is 0 Å². The van der Waals surface area contributed by atoms with Gasteiger partial charge in [-0.1, -0.05) is 18.2 Å². The Hall–Kier alpha value is -2.50. The van der Waals surface area contributed by atoms with Gasteiger partial charge in [0, 0.05) is 30.0 Å². The van der Waals surface area contributed by atoms with Gasteiger partial charge in [0.2, 0.25) is 5.91 Å². The lowest BCUT2D eigenvalue weighted by Gasteiger charge is -2.31. The number of rotatable bonds is 3. The largest absolute Gasteiger partial charge is 0.459 e. The number of nitrogens with one attached hydrogen (secondary N) is 1. The first-order valence-electron chi connectivity index (χ1n) is 8.30. The number of likely N-dealkylation sites (tertiary alicyclic amines) is 1. The molecule has 3 N–H and O–H groups in total. The number of carbonyl (C=O) groups is 2. The maximum absolute atomic E-state index is 12.4. The number of hydrogen-bond donors (Lipinski definition) is 2. The van der Waals surface area contributed by atoms with Gasteiger partial charge in [-0.3, -0.25) is 4.79 Å². The summed E-state index contributed by atoms with van der Waals surface area (Å²) in [6.45, 7) is 5.01. The van der Waals surface area contributed by atoms with Crippen LogP contribution < -0.4 is 11.1 Å². The van der Waals surface area contributed by atoms with Crippen LogP contribution in [-0.2, 0) is 4.79 Å². The van der Waals surface area contributed by atoms with E-state index >= 15 is 0 Å². The number of carbonyl (C=O) groups excluding carboxylic acids is 2. The quantitative estimate of drug-likeness (QED) is 0.907. The van der Waals surface area contributed by atoms with Crippen LogP contribution in [-0.4, -0.2) is 29.9 Å². The van der Waals surface area contributed by atoms with E-state index in [1.165, 1.54) is 0 Å². The molecule has 0 radical (unpaired) electrons. The van der Waals surface area contributed by atoms with Crippen molar-refractivity contribution in [2.45, 2.75) is 32.7 Å². The molecule has 1 aliphatic rings. The van der Waals surface area contributed by atoms with Crippen LogP contribution >= 0.6 is 0 Å². The van der Waals surface area contributed by atoms with Crippen molar-refractivity contribution in [3.05, 3.63) is 35.6 Å². The Balaban J connectivity index is 1.66. The molecule has 3 amide bonds. The first-order chi connectivity index (χ1) is 11.5. The summed E-state index contributed by atoms with van der Waals surface area (Å²) in [5, 5.41) is 4.05. The summed E-state index contributed by atoms with van der Waals surface area (Å²) in [4.78, 5) is 25.4. The average molecular weight is 329 g/mol. The first-order valence-corrected chi connectivity index (χ1v) is 8.30. The van der Waals surface area contributed by atoms with Crippen molar-refractivity contribution in [1.82, 2.24) is 10.2 Å². The van der Waals surface area contributed by atoms with E-state index in [1.807, 2.05) is 38.1 Å². The van der Waals surface area contributed by atoms with Crippen molar-refractivity contribution in [3.8, 4) is 0 Å². The second-order valence-electron chi connectivity index (χ2n) is 6.42. The fourth-order valence-corrected chi connectivity index (χ4v) is 3.32. The van der Waals surface area contributed by atoms with E-state index in [9.17, 15) is 9.59 Å². The van der Waals surface area contributed by atoms with Crippen molar-refractivity contribution in [2.24, 2.45) is 11.7 Å². The molecule has 0 spiro atoms. The molecule has 2 aromatic rings. The van der Waals surface area contributed by atoms with Gasteiger partial charge in [-0.2, -0.15) is 0 Å². The van der Waals surface area contributed by atoms with Crippen LogP contribution in [0.15, 0.2) is 28.7 Å². The van der Waals surface area contributed by atoms with Crippen molar-refractivity contribution >= 4 is 22.9 Å². The number of piperidine rings is 1. The molecule has 1 aliphatic heterocycles. The second-order valence-corrected chi connectivity index (χ2v) is 6.42. The maximum atomic E-state index is 12.4. The SMILES string of the molecule is Cc1c([C@@H](C)NC(=O)N2CCC(C(N)=O)CC2)oc2ccccc12. The van der Waals surface area contributed by atoms with Crippen LogP contribution in [0, 0.1) is 12.8 Å². The van der Waals surface area contributed by atoms with Crippen molar-refractivity contribution in [2.75, 3.05) is 13.1 Å². The molecule has 1 saturated heterocycles. The summed E-state index contributed by atoms with van der Waals surface area (Å²) in [5.41, 5.74) is 7.20. The molecule has 1 aromatic carbocycles. The predicted molar refractivity (Wildman–Crippen MR) is 91.4 cm³/mol. The van der Waals surface area contributed by atoms with Gasteiger partial charge in [0.25, 0.3) is 0 Å². The van der Waals surface area contributed by atoms with Crippen LogP contribution in [0.4, 0.5) is 4.79 Å². The fraction of sp³-hybridized carbons (Fsp3) is 0.444. The van der Waals surface area contributed by atoms with Gasteiger partial charge < -0.3 is 20.4 Å². The lowest BCUT2D eigenvalue weighted by molar-refractivity contribution is -0.123. The highest BCUT2D eigenvalue weighted by atomic mass is 16.3. The van der Waals surface area contributed by atoms with Gasteiger partial charge in [-0.25, -0.2) is 4.79 Å². The van der Waals surface area contributed by atoms with E-state index in [0.29, 0.717) is 25.9 Å². The summed E-state index contributed by atoms with van der Waals surface area (Å²) in [6, 6.07) is 7.49. The van der Waals surface area contributed by atoms with Gasteiger partial charge in [-0.15, -0.1) is 0 Å². The summed E-state index contributed by atoms with van der Waals surface area (Å²) >= 11 is 0. The van der Waals surface area contributed by atoms with Crippen LogP contribution in [0.3, 0.4) is 0 Å². The number of amides is 3. The van der Waals surface area contributed by atoms with Gasteiger partial charge in [0.05, 0.1) is 6.04 Å². The molecule has 1 aromatic heterocycles. The zero-order valence-corrected chi connectivity index (χ0v) is 14.0. The summed E-state index contributed by atoms with van der Waals surface area (Å²) in [5.74, 6) is 0.377. The number of urea groups is 1. The van der Waals surface area contributed by atoms with E-state index in [4.69, 9.17) is 10.2 Å². The topological polar surface area (TPSA) is 88.6 Å². The van der Waals surface area contributed by atoms with Gasteiger partial charge in [0.1, 0.15) is 11.3 Å². The Morgan fingerprint density at radius 2 is 1.96 bits per heavy atom. The van der Waals surface area contributed by atoms with E-state index in [0.717, 1.165) is 22.3 Å². The molecule has 0 aliphatic carbocycles. The predicted octanol–water partition coefficient (Wildman–Crippen LogP) is 2.71. The van der Waals surface area contributed by atoms with Crippen LogP contribution in [0.2, 0.25) is 0 Å². The number of benzene rings is 1. The minimum atomic E-state index is -0.277. The number of para-hydroxylation sites is 1. The Labute approximate surface area is 141 Å². The van der Waals surface area contributed by atoms with Crippen molar-refractivity contribution in [3.63, 3.8) is 0 Å². The normalized spacial score (nSPS) is 17.0. The highest BCUT2D eigenvalue weighted by Crippen LogP contribution is 2.29.